The van der Waals surface area contributed by atoms with Crippen molar-refractivity contribution in [2.75, 3.05) is 11.4 Å². The number of halogens is 1. The largest absolute Gasteiger partial charge is 0.478 e. The lowest BCUT2D eigenvalue weighted by molar-refractivity contribution is 0.0692. The van der Waals surface area contributed by atoms with Gasteiger partial charge < -0.3 is 10.0 Å². The molecule has 2 aromatic carbocycles. The number of carboxylic acids is 1. The van der Waals surface area contributed by atoms with Gasteiger partial charge in [-0.2, -0.15) is 0 Å². The number of rotatable bonds is 2. The van der Waals surface area contributed by atoms with E-state index in [-0.39, 0.29) is 5.56 Å². The minimum atomic E-state index is -1.24. The molecule has 0 amide bonds. The van der Waals surface area contributed by atoms with E-state index in [0.717, 1.165) is 31.6 Å². The molecule has 4 heteroatoms. The van der Waals surface area contributed by atoms with E-state index in [1.165, 1.54) is 23.3 Å². The molecule has 0 saturated heterocycles. The molecule has 1 aliphatic heterocycles. The number of nitrogens with zero attached hydrogens (tertiary/aromatic N) is 1. The number of aromatic carboxylic acids is 1. The average Bonchev–Trinajstić information content (AvgIpc) is 2.68. The monoisotopic (exact) mass is 285 g/mol. The Hall–Kier alpha value is -2.36. The van der Waals surface area contributed by atoms with Crippen LogP contribution in [0.4, 0.5) is 10.1 Å². The predicted molar refractivity (Wildman–Crippen MR) is 79.2 cm³/mol. The predicted octanol–water partition coefficient (Wildman–Crippen LogP) is 3.48. The topological polar surface area (TPSA) is 40.5 Å². The molecule has 0 unspecified atom stereocenters. The van der Waals surface area contributed by atoms with E-state index in [1.807, 2.05) is 12.1 Å². The quantitative estimate of drug-likeness (QED) is 0.918. The van der Waals surface area contributed by atoms with Crippen molar-refractivity contribution in [1.82, 2.24) is 0 Å². The minimum absolute atomic E-state index is 0.283. The summed E-state index contributed by atoms with van der Waals surface area (Å²) in [6, 6.07) is 12.6. The summed E-state index contributed by atoms with van der Waals surface area (Å²) >= 11 is 0. The molecule has 3 rings (SSSR count). The Morgan fingerprint density at radius 2 is 1.90 bits per heavy atom. The van der Waals surface area contributed by atoms with E-state index in [4.69, 9.17) is 5.11 Å². The molecule has 1 heterocycles. The third kappa shape index (κ3) is 2.75. The molecule has 3 nitrogen and oxygen atoms in total. The summed E-state index contributed by atoms with van der Waals surface area (Å²) in [5.41, 5.74) is 3.03. The van der Waals surface area contributed by atoms with Crippen LogP contribution in [0.5, 0.6) is 0 Å². The number of anilines is 1. The summed E-state index contributed by atoms with van der Waals surface area (Å²) < 4.78 is 13.8. The maximum atomic E-state index is 13.8. The lowest BCUT2D eigenvalue weighted by atomic mass is 10.0. The maximum Gasteiger partial charge on any atom is 0.338 e. The molecule has 0 aromatic heterocycles. The molecule has 21 heavy (non-hydrogen) atoms. The zero-order valence-corrected chi connectivity index (χ0v) is 11.6. The molecule has 108 valence electrons. The van der Waals surface area contributed by atoms with Gasteiger partial charge in [0.1, 0.15) is 5.82 Å². The summed E-state index contributed by atoms with van der Waals surface area (Å²) in [4.78, 5) is 13.0. The summed E-state index contributed by atoms with van der Waals surface area (Å²) in [6.07, 6.45) is 2.02. The zero-order valence-electron chi connectivity index (χ0n) is 11.6. The van der Waals surface area contributed by atoms with Crippen molar-refractivity contribution in [3.63, 3.8) is 0 Å². The van der Waals surface area contributed by atoms with E-state index < -0.39 is 11.8 Å². The average molecular weight is 285 g/mol. The van der Waals surface area contributed by atoms with Crippen LogP contribution in [0.3, 0.4) is 0 Å². The Balaban J connectivity index is 1.91. The number of carbonyl (C=O) groups is 1. The SMILES string of the molecule is O=C(O)c1ccc(N2CCCc3ccccc3C2)cc1F. The van der Waals surface area contributed by atoms with Gasteiger partial charge in [0.2, 0.25) is 0 Å². The van der Waals surface area contributed by atoms with Gasteiger partial charge >= 0.3 is 5.97 Å². The molecule has 0 radical (unpaired) electrons. The second-order valence-electron chi connectivity index (χ2n) is 5.26. The van der Waals surface area contributed by atoms with Crippen molar-refractivity contribution in [2.45, 2.75) is 19.4 Å². The van der Waals surface area contributed by atoms with Crippen molar-refractivity contribution in [2.24, 2.45) is 0 Å². The molecule has 0 saturated carbocycles. The lowest BCUT2D eigenvalue weighted by Crippen LogP contribution is -2.22. The van der Waals surface area contributed by atoms with E-state index in [2.05, 4.69) is 17.0 Å². The first-order chi connectivity index (χ1) is 10.1. The first kappa shape index (κ1) is 13.6. The number of aryl methyl sites for hydroxylation is 1. The van der Waals surface area contributed by atoms with E-state index in [1.54, 1.807) is 6.07 Å². The Morgan fingerprint density at radius 3 is 2.62 bits per heavy atom. The van der Waals surface area contributed by atoms with Crippen LogP contribution < -0.4 is 4.90 Å². The number of hydrogen-bond donors (Lipinski definition) is 1. The van der Waals surface area contributed by atoms with Crippen LogP contribution in [-0.4, -0.2) is 17.6 Å². The summed E-state index contributed by atoms with van der Waals surface area (Å²) in [6.45, 7) is 1.56. The highest BCUT2D eigenvalue weighted by Gasteiger charge is 2.17. The number of fused-ring (bicyclic) bond motifs is 1. The van der Waals surface area contributed by atoms with E-state index in [0.29, 0.717) is 0 Å². The minimum Gasteiger partial charge on any atom is -0.478 e. The second kappa shape index (κ2) is 5.56. The van der Waals surface area contributed by atoms with Crippen molar-refractivity contribution in [1.29, 1.82) is 0 Å². The summed E-state index contributed by atoms with van der Waals surface area (Å²) in [5.74, 6) is -1.92. The third-order valence-corrected chi connectivity index (χ3v) is 3.90. The van der Waals surface area contributed by atoms with Crippen molar-refractivity contribution < 1.29 is 14.3 Å². The van der Waals surface area contributed by atoms with Crippen LogP contribution in [0.2, 0.25) is 0 Å². The number of carboxylic acid groups (broad SMARTS) is 1. The van der Waals surface area contributed by atoms with E-state index >= 15 is 0 Å². The molecule has 1 aliphatic rings. The highest BCUT2D eigenvalue weighted by molar-refractivity contribution is 5.88. The molecular formula is C17H16FNO2. The zero-order chi connectivity index (χ0) is 14.8. The Kier molecular flexibility index (Phi) is 3.60. The summed E-state index contributed by atoms with van der Waals surface area (Å²) in [7, 11) is 0. The molecular weight excluding hydrogens is 269 g/mol. The molecule has 0 atom stereocenters. The van der Waals surface area contributed by atoms with Crippen LogP contribution in [-0.2, 0) is 13.0 Å². The van der Waals surface area contributed by atoms with Gasteiger partial charge in [-0.05, 0) is 42.2 Å². The molecule has 1 N–H and O–H groups in total. The van der Waals surface area contributed by atoms with Crippen LogP contribution in [0.1, 0.15) is 27.9 Å². The smallest absolute Gasteiger partial charge is 0.338 e. The first-order valence-corrected chi connectivity index (χ1v) is 7.00. The first-order valence-electron chi connectivity index (χ1n) is 7.00. The Labute approximate surface area is 122 Å². The molecule has 2 aromatic rings. The molecule has 0 bridgehead atoms. The highest BCUT2D eigenvalue weighted by atomic mass is 19.1. The van der Waals surface area contributed by atoms with Crippen LogP contribution >= 0.6 is 0 Å². The van der Waals surface area contributed by atoms with Crippen molar-refractivity contribution >= 4 is 11.7 Å². The standard InChI is InChI=1S/C17H16FNO2/c18-16-10-14(7-8-15(16)17(20)21)19-9-3-6-12-4-1-2-5-13(12)11-19/h1-2,4-5,7-8,10H,3,6,9,11H2,(H,20,21). The van der Waals surface area contributed by atoms with Gasteiger partial charge in [-0.1, -0.05) is 24.3 Å². The fraction of sp³-hybridized carbons (Fsp3) is 0.235. The number of hydrogen-bond acceptors (Lipinski definition) is 2. The Morgan fingerprint density at radius 1 is 1.14 bits per heavy atom. The summed E-state index contributed by atoms with van der Waals surface area (Å²) in [5, 5.41) is 8.89. The lowest BCUT2D eigenvalue weighted by Gasteiger charge is -2.23. The molecule has 0 spiro atoms. The molecule has 0 aliphatic carbocycles. The normalized spacial score (nSPS) is 14.4. The van der Waals surface area contributed by atoms with Crippen LogP contribution in [0.15, 0.2) is 42.5 Å². The van der Waals surface area contributed by atoms with Crippen LogP contribution in [0, 0.1) is 5.82 Å². The van der Waals surface area contributed by atoms with Gasteiger partial charge in [0.25, 0.3) is 0 Å². The van der Waals surface area contributed by atoms with Crippen molar-refractivity contribution in [3.8, 4) is 0 Å². The van der Waals surface area contributed by atoms with Gasteiger partial charge in [0, 0.05) is 18.8 Å². The Bertz CT molecular complexity index is 684. The molecule has 0 fully saturated rings. The third-order valence-electron chi connectivity index (χ3n) is 3.90. The fourth-order valence-electron chi connectivity index (χ4n) is 2.80. The van der Waals surface area contributed by atoms with Crippen LogP contribution in [0.25, 0.3) is 0 Å². The van der Waals surface area contributed by atoms with Crippen molar-refractivity contribution in [3.05, 3.63) is 65.0 Å². The second-order valence-corrected chi connectivity index (χ2v) is 5.26. The van der Waals surface area contributed by atoms with Gasteiger partial charge in [-0.15, -0.1) is 0 Å². The van der Waals surface area contributed by atoms with Gasteiger partial charge in [0.15, 0.2) is 0 Å². The highest BCUT2D eigenvalue weighted by Crippen LogP contribution is 2.25. The number of benzene rings is 2. The fourth-order valence-corrected chi connectivity index (χ4v) is 2.80. The van der Waals surface area contributed by atoms with Gasteiger partial charge in [-0.3, -0.25) is 0 Å². The maximum absolute atomic E-state index is 13.8. The van der Waals surface area contributed by atoms with Gasteiger partial charge in [-0.25, -0.2) is 9.18 Å². The van der Waals surface area contributed by atoms with E-state index in [9.17, 15) is 9.18 Å². The van der Waals surface area contributed by atoms with Gasteiger partial charge in [0.05, 0.1) is 5.56 Å².